The normalized spacial score (nSPS) is 10.2. The van der Waals surface area contributed by atoms with Gasteiger partial charge in [-0.2, -0.15) is 0 Å². The molecule has 2 rings (SSSR count). The van der Waals surface area contributed by atoms with E-state index in [2.05, 4.69) is 36.5 Å². The summed E-state index contributed by atoms with van der Waals surface area (Å²) in [7, 11) is 0. The summed E-state index contributed by atoms with van der Waals surface area (Å²) >= 11 is 3.15. The van der Waals surface area contributed by atoms with E-state index in [-0.39, 0.29) is 11.3 Å². The van der Waals surface area contributed by atoms with Gasteiger partial charge >= 0.3 is 0 Å². The second kappa shape index (κ2) is 6.42. The molecule has 0 aliphatic carbocycles. The van der Waals surface area contributed by atoms with Gasteiger partial charge in [0.05, 0.1) is 23.6 Å². The molecule has 20 heavy (non-hydrogen) atoms. The summed E-state index contributed by atoms with van der Waals surface area (Å²) < 4.78 is 14.3. The number of benzene rings is 1. The minimum atomic E-state index is -0.471. The number of halogens is 2. The number of nitrogens with zero attached hydrogens (tertiary/aromatic N) is 2. The Morgan fingerprint density at radius 1 is 1.35 bits per heavy atom. The highest BCUT2D eigenvalue weighted by Crippen LogP contribution is 2.20. The van der Waals surface area contributed by atoms with Crippen molar-refractivity contribution in [2.75, 3.05) is 17.2 Å². The Labute approximate surface area is 123 Å². The van der Waals surface area contributed by atoms with Crippen LogP contribution in [-0.4, -0.2) is 22.4 Å². The Morgan fingerprint density at radius 2 is 2.15 bits per heavy atom. The number of hydrogen-bond acceptors (Lipinski definition) is 4. The third-order valence-corrected chi connectivity index (χ3v) is 2.88. The van der Waals surface area contributed by atoms with Crippen molar-refractivity contribution in [3.8, 4) is 0 Å². The molecule has 0 aliphatic rings. The zero-order valence-electron chi connectivity index (χ0n) is 10.7. The lowest BCUT2D eigenvalue weighted by Crippen LogP contribution is -2.16. The Kier molecular flexibility index (Phi) is 4.62. The van der Waals surface area contributed by atoms with Crippen LogP contribution in [0.15, 0.2) is 35.2 Å². The molecule has 0 aliphatic heterocycles. The molecule has 0 radical (unpaired) electrons. The molecule has 5 nitrogen and oxygen atoms in total. The third kappa shape index (κ3) is 3.30. The van der Waals surface area contributed by atoms with Crippen LogP contribution >= 0.6 is 15.9 Å². The molecule has 0 saturated carbocycles. The van der Waals surface area contributed by atoms with Gasteiger partial charge in [-0.3, -0.25) is 4.79 Å². The topological polar surface area (TPSA) is 66.9 Å². The van der Waals surface area contributed by atoms with Crippen LogP contribution in [0.25, 0.3) is 0 Å². The van der Waals surface area contributed by atoms with E-state index in [9.17, 15) is 9.18 Å². The van der Waals surface area contributed by atoms with Gasteiger partial charge in [-0.15, -0.1) is 0 Å². The van der Waals surface area contributed by atoms with Crippen LogP contribution in [0, 0.1) is 5.82 Å². The summed E-state index contributed by atoms with van der Waals surface area (Å²) in [6, 6.07) is 4.33. The molecule has 0 unspecified atom stereocenters. The molecule has 1 heterocycles. The van der Waals surface area contributed by atoms with Gasteiger partial charge in [-0.25, -0.2) is 14.4 Å². The highest BCUT2D eigenvalue weighted by Gasteiger charge is 2.15. The maximum absolute atomic E-state index is 13.7. The Balaban J connectivity index is 2.25. The number of carbonyl (C=O) groups is 1. The lowest BCUT2D eigenvalue weighted by molar-refractivity contribution is 0.102. The molecule has 7 heteroatoms. The molecule has 2 aromatic rings. The van der Waals surface area contributed by atoms with Crippen LogP contribution in [0.5, 0.6) is 0 Å². The van der Waals surface area contributed by atoms with Gasteiger partial charge in [-0.05, 0) is 35.0 Å². The fourth-order valence-electron chi connectivity index (χ4n) is 1.63. The first-order valence-corrected chi connectivity index (χ1v) is 6.72. The molecule has 1 aromatic carbocycles. The number of carbonyl (C=O) groups excluding carboxylic acids is 1. The number of nitrogens with one attached hydrogen (secondary N) is 2. The van der Waals surface area contributed by atoms with Crippen LogP contribution < -0.4 is 10.6 Å². The summed E-state index contributed by atoms with van der Waals surface area (Å²) in [6.45, 7) is 2.34. The van der Waals surface area contributed by atoms with Crippen molar-refractivity contribution >= 4 is 33.3 Å². The zero-order chi connectivity index (χ0) is 14.5. The van der Waals surface area contributed by atoms with Crippen LogP contribution in [0.4, 0.5) is 15.9 Å². The number of hydrogen-bond donors (Lipinski definition) is 2. The standard InChI is InChI=1S/C13H12BrFN4O/c1-2-16-12-8(4-3-5-9(12)15)13(20)19-11-7-17-10(14)6-18-11/h3-7,16H,2H2,1H3,(H,18,19,20). The van der Waals surface area contributed by atoms with Crippen molar-refractivity contribution in [3.05, 3.63) is 46.6 Å². The van der Waals surface area contributed by atoms with Gasteiger partial charge in [0, 0.05) is 6.54 Å². The fourth-order valence-corrected chi connectivity index (χ4v) is 1.84. The summed E-state index contributed by atoms with van der Waals surface area (Å²) in [5, 5.41) is 5.41. The number of amides is 1. The minimum absolute atomic E-state index is 0.178. The summed E-state index contributed by atoms with van der Waals surface area (Å²) in [5.41, 5.74) is 0.397. The van der Waals surface area contributed by atoms with Crippen LogP contribution in [0.2, 0.25) is 0 Å². The summed E-state index contributed by atoms with van der Waals surface area (Å²) in [6.07, 6.45) is 2.88. The lowest BCUT2D eigenvalue weighted by atomic mass is 10.1. The van der Waals surface area contributed by atoms with Gasteiger partial charge < -0.3 is 10.6 Å². The van der Waals surface area contributed by atoms with Crippen LogP contribution in [0.3, 0.4) is 0 Å². The Bertz CT molecular complexity index is 618. The van der Waals surface area contributed by atoms with Gasteiger partial charge in [0.25, 0.3) is 5.91 Å². The SMILES string of the molecule is CCNc1c(F)cccc1C(=O)Nc1cnc(Br)cn1. The smallest absolute Gasteiger partial charge is 0.259 e. The maximum atomic E-state index is 13.7. The van der Waals surface area contributed by atoms with E-state index in [4.69, 9.17) is 0 Å². The van der Waals surface area contributed by atoms with E-state index in [1.54, 1.807) is 6.07 Å². The highest BCUT2D eigenvalue weighted by molar-refractivity contribution is 9.10. The first-order valence-electron chi connectivity index (χ1n) is 5.93. The van der Waals surface area contributed by atoms with Crippen LogP contribution in [0.1, 0.15) is 17.3 Å². The predicted octanol–water partition coefficient (Wildman–Crippen LogP) is 3.06. The number of aromatic nitrogens is 2. The van der Waals surface area contributed by atoms with Gasteiger partial charge in [0.1, 0.15) is 10.4 Å². The molecule has 0 bridgehead atoms. The van der Waals surface area contributed by atoms with Gasteiger partial charge in [0.2, 0.25) is 0 Å². The van der Waals surface area contributed by atoms with E-state index in [1.807, 2.05) is 6.92 Å². The average Bonchev–Trinajstić information content (AvgIpc) is 2.43. The number of rotatable bonds is 4. The van der Waals surface area contributed by atoms with E-state index >= 15 is 0 Å². The lowest BCUT2D eigenvalue weighted by Gasteiger charge is -2.11. The average molecular weight is 339 g/mol. The molecule has 0 saturated heterocycles. The van der Waals surface area contributed by atoms with Gasteiger partial charge in [-0.1, -0.05) is 6.07 Å². The van der Waals surface area contributed by atoms with Crippen molar-refractivity contribution in [3.63, 3.8) is 0 Å². The number of para-hydroxylation sites is 1. The molecule has 0 atom stereocenters. The second-order valence-corrected chi connectivity index (χ2v) is 4.68. The number of anilines is 2. The van der Waals surface area contributed by atoms with Crippen molar-refractivity contribution in [1.82, 2.24) is 9.97 Å². The first kappa shape index (κ1) is 14.4. The molecule has 0 fully saturated rings. The maximum Gasteiger partial charge on any atom is 0.259 e. The molecule has 1 amide bonds. The second-order valence-electron chi connectivity index (χ2n) is 3.87. The summed E-state index contributed by atoms with van der Waals surface area (Å²) in [4.78, 5) is 20.1. The third-order valence-electron chi connectivity index (χ3n) is 2.47. The molecule has 1 aromatic heterocycles. The van der Waals surface area contributed by atoms with E-state index in [1.165, 1.54) is 24.5 Å². The zero-order valence-corrected chi connectivity index (χ0v) is 12.2. The van der Waals surface area contributed by atoms with Crippen molar-refractivity contribution in [1.29, 1.82) is 0 Å². The van der Waals surface area contributed by atoms with Crippen molar-refractivity contribution in [2.24, 2.45) is 0 Å². The Hall–Kier alpha value is -2.02. The van der Waals surface area contributed by atoms with Crippen LogP contribution in [-0.2, 0) is 0 Å². The van der Waals surface area contributed by atoms with E-state index in [0.717, 1.165) is 0 Å². The van der Waals surface area contributed by atoms with E-state index < -0.39 is 11.7 Å². The summed E-state index contributed by atoms with van der Waals surface area (Å²) in [5.74, 6) is -0.622. The predicted molar refractivity (Wildman–Crippen MR) is 78.2 cm³/mol. The highest BCUT2D eigenvalue weighted by atomic mass is 79.9. The minimum Gasteiger partial charge on any atom is -0.382 e. The monoisotopic (exact) mass is 338 g/mol. The molecule has 0 spiro atoms. The quantitative estimate of drug-likeness (QED) is 0.898. The molecular formula is C13H12BrFN4O. The Morgan fingerprint density at radius 3 is 2.80 bits per heavy atom. The largest absolute Gasteiger partial charge is 0.382 e. The van der Waals surface area contributed by atoms with Crippen molar-refractivity contribution in [2.45, 2.75) is 6.92 Å². The van der Waals surface area contributed by atoms with E-state index in [0.29, 0.717) is 17.0 Å². The van der Waals surface area contributed by atoms with Crippen molar-refractivity contribution < 1.29 is 9.18 Å². The molecule has 2 N–H and O–H groups in total. The molecular weight excluding hydrogens is 327 g/mol. The first-order chi connectivity index (χ1) is 9.61. The van der Waals surface area contributed by atoms with Gasteiger partial charge in [0.15, 0.2) is 5.82 Å². The fraction of sp³-hybridized carbons (Fsp3) is 0.154. The molecule has 104 valence electrons.